The number of benzene rings is 2. The van der Waals surface area contributed by atoms with Crippen LogP contribution in [-0.4, -0.2) is 10.7 Å². The second-order valence-corrected chi connectivity index (χ2v) is 7.14. The van der Waals surface area contributed by atoms with Gasteiger partial charge in [0.25, 0.3) is 0 Å². The second kappa shape index (κ2) is 18.6. The molecule has 2 aromatic carbocycles. The summed E-state index contributed by atoms with van der Waals surface area (Å²) in [6, 6.07) is 18.7. The van der Waals surface area contributed by atoms with Gasteiger partial charge in [-0.05, 0) is 52.3 Å². The predicted molar refractivity (Wildman–Crippen MR) is 118 cm³/mol. The number of ketones is 1. The SMILES string of the molecule is C=CC[C@@H]1C(=O)C=CN(Cc2ccccc2)[C@H]1c1ccccc1I.[C-]#[O+].[C-]#[O+].[C-]#[O+].[Cr]. The van der Waals surface area contributed by atoms with Crippen LogP contribution in [0.4, 0.5) is 0 Å². The molecule has 1 heterocycles. The summed E-state index contributed by atoms with van der Waals surface area (Å²) < 4.78 is 23.7. The van der Waals surface area contributed by atoms with Crippen LogP contribution in [0.2, 0.25) is 0 Å². The van der Waals surface area contributed by atoms with Gasteiger partial charge in [-0.2, -0.15) is 0 Å². The molecule has 1 aliphatic heterocycles. The van der Waals surface area contributed by atoms with Gasteiger partial charge in [-0.3, -0.25) is 4.79 Å². The fourth-order valence-electron chi connectivity index (χ4n) is 3.25. The van der Waals surface area contributed by atoms with Crippen LogP contribution in [0.15, 0.2) is 79.5 Å². The van der Waals surface area contributed by atoms with Crippen molar-refractivity contribution in [2.24, 2.45) is 5.92 Å². The monoisotopic (exact) mass is 565 g/mol. The van der Waals surface area contributed by atoms with Crippen LogP contribution >= 0.6 is 22.6 Å². The fourth-order valence-corrected chi connectivity index (χ4v) is 3.96. The average molecular weight is 565 g/mol. The van der Waals surface area contributed by atoms with Crippen LogP contribution in [0, 0.1) is 29.4 Å². The predicted octanol–water partition coefficient (Wildman–Crippen LogP) is 5.01. The van der Waals surface area contributed by atoms with E-state index in [-0.39, 0.29) is 35.1 Å². The Morgan fingerprint density at radius 1 is 0.968 bits per heavy atom. The number of carbonyl (C=O) groups excluding carboxylic acids is 1. The smallest absolute Gasteiger partial charge is 0 e. The van der Waals surface area contributed by atoms with E-state index in [2.05, 4.69) is 90.4 Å². The standard InChI is InChI=1S/C21H20INO.3CO.Cr/c1-2-8-18-20(24)13-14-23(15-16-9-4-3-5-10-16)21(18)17-11-6-7-12-19(17)22;3*1-2;/h2-7,9-14,18,21H,1,8,15H2;;;;/t18-,21+;;;;/m1..../s1. The fraction of sp³-hybridized carbons (Fsp3) is 0.167. The van der Waals surface area contributed by atoms with E-state index in [4.69, 9.17) is 14.0 Å². The van der Waals surface area contributed by atoms with E-state index < -0.39 is 0 Å². The van der Waals surface area contributed by atoms with Crippen LogP contribution in [-0.2, 0) is 42.7 Å². The molecule has 2 aromatic rings. The zero-order valence-electron chi connectivity index (χ0n) is 16.6. The van der Waals surface area contributed by atoms with E-state index in [1.165, 1.54) is 14.7 Å². The molecule has 0 saturated heterocycles. The molecule has 0 aliphatic carbocycles. The van der Waals surface area contributed by atoms with Gasteiger partial charge < -0.3 is 4.90 Å². The molecule has 0 radical (unpaired) electrons. The van der Waals surface area contributed by atoms with Gasteiger partial charge in [0.15, 0.2) is 5.78 Å². The Hall–Kier alpha value is -2.13. The van der Waals surface area contributed by atoms with Gasteiger partial charge in [-0.15, -0.1) is 6.58 Å². The van der Waals surface area contributed by atoms with Gasteiger partial charge in [0.05, 0.1) is 6.04 Å². The van der Waals surface area contributed by atoms with Crippen molar-refractivity contribution in [2.45, 2.75) is 19.0 Å². The molecular formula is C24H20CrINO4. The van der Waals surface area contributed by atoms with Crippen molar-refractivity contribution < 1.29 is 36.1 Å². The normalized spacial score (nSPS) is 15.8. The second-order valence-electron chi connectivity index (χ2n) is 5.97. The summed E-state index contributed by atoms with van der Waals surface area (Å²) in [5.74, 6) is 0.0935. The number of halogens is 1. The largest absolute Gasteiger partial charge is 0 e. The third kappa shape index (κ3) is 9.27. The summed E-state index contributed by atoms with van der Waals surface area (Å²) in [7, 11) is 0. The molecule has 0 aromatic heterocycles. The van der Waals surface area contributed by atoms with Gasteiger partial charge in [0.1, 0.15) is 0 Å². The molecular weight excluding hydrogens is 545 g/mol. The minimum absolute atomic E-state index is 0. The molecule has 1 aliphatic rings. The van der Waals surface area contributed by atoms with Crippen molar-refractivity contribution in [1.82, 2.24) is 4.90 Å². The van der Waals surface area contributed by atoms with E-state index >= 15 is 0 Å². The topological polar surface area (TPSA) is 80.0 Å². The Kier molecular flexibility index (Phi) is 18.7. The molecule has 31 heavy (non-hydrogen) atoms. The van der Waals surface area contributed by atoms with Crippen LogP contribution < -0.4 is 0 Å². The summed E-state index contributed by atoms with van der Waals surface area (Å²) in [6.07, 6.45) is 6.20. The van der Waals surface area contributed by atoms with Crippen molar-refractivity contribution >= 4 is 28.4 Å². The quantitative estimate of drug-likeness (QED) is 0.221. The Labute approximate surface area is 207 Å². The molecule has 3 rings (SSSR count). The average Bonchev–Trinajstić information content (AvgIpc) is 2.82. The van der Waals surface area contributed by atoms with Gasteiger partial charge in [-0.25, -0.2) is 0 Å². The molecule has 0 amide bonds. The zero-order chi connectivity index (χ0) is 22.9. The van der Waals surface area contributed by atoms with E-state index in [1.54, 1.807) is 6.08 Å². The van der Waals surface area contributed by atoms with E-state index in [0.29, 0.717) is 6.42 Å². The van der Waals surface area contributed by atoms with Gasteiger partial charge in [0.2, 0.25) is 0 Å². The van der Waals surface area contributed by atoms with E-state index in [9.17, 15) is 4.79 Å². The van der Waals surface area contributed by atoms with Crippen LogP contribution in [0.25, 0.3) is 0 Å². The molecule has 0 unspecified atom stereocenters. The van der Waals surface area contributed by atoms with Crippen LogP contribution in [0.3, 0.4) is 0 Å². The van der Waals surface area contributed by atoms with Crippen molar-refractivity contribution in [3.8, 4) is 0 Å². The zero-order valence-corrected chi connectivity index (χ0v) is 20.0. The first kappa shape index (κ1) is 31.1. The maximum Gasteiger partial charge on any atom is 0 e. The molecule has 7 heteroatoms. The number of hydrogen-bond donors (Lipinski definition) is 0. The number of hydrogen-bond acceptors (Lipinski definition) is 2. The first-order chi connectivity index (χ1) is 14.7. The number of allylic oxidation sites excluding steroid dienone is 2. The minimum Gasteiger partial charge on any atom is 0 e. The number of nitrogens with zero attached hydrogens (tertiary/aromatic N) is 1. The molecule has 0 bridgehead atoms. The Morgan fingerprint density at radius 2 is 1.52 bits per heavy atom. The van der Waals surface area contributed by atoms with Gasteiger partial charge >= 0.3 is 33.9 Å². The summed E-state index contributed by atoms with van der Waals surface area (Å²) in [6.45, 7) is 18.1. The first-order valence-electron chi connectivity index (χ1n) is 8.69. The molecule has 2 atom stereocenters. The van der Waals surface area contributed by atoms with Crippen molar-refractivity contribution in [3.05, 3.63) is 114 Å². The van der Waals surface area contributed by atoms with E-state index in [0.717, 1.165) is 6.54 Å². The van der Waals surface area contributed by atoms with Crippen molar-refractivity contribution in [1.29, 1.82) is 0 Å². The third-order valence-corrected chi connectivity index (χ3v) is 5.37. The molecule has 0 saturated carbocycles. The Balaban J connectivity index is 0. The summed E-state index contributed by atoms with van der Waals surface area (Å²) >= 11 is 2.36. The first-order valence-corrected chi connectivity index (χ1v) is 9.77. The summed E-state index contributed by atoms with van der Waals surface area (Å²) in [5, 5.41) is 0. The minimum atomic E-state index is -0.0906. The van der Waals surface area contributed by atoms with Crippen molar-refractivity contribution in [3.63, 3.8) is 0 Å². The Bertz CT molecular complexity index is 879. The Morgan fingerprint density at radius 3 is 2.06 bits per heavy atom. The maximum absolute atomic E-state index is 12.5. The summed E-state index contributed by atoms with van der Waals surface area (Å²) in [4.78, 5) is 14.8. The molecule has 158 valence electrons. The molecule has 0 N–H and O–H groups in total. The molecule has 5 nitrogen and oxygen atoms in total. The van der Waals surface area contributed by atoms with Crippen LogP contribution in [0.5, 0.6) is 0 Å². The van der Waals surface area contributed by atoms with Crippen LogP contribution in [0.1, 0.15) is 23.6 Å². The maximum atomic E-state index is 12.5. The number of carbonyl (C=O) groups is 1. The molecule has 0 spiro atoms. The van der Waals surface area contributed by atoms with Crippen molar-refractivity contribution in [2.75, 3.05) is 0 Å². The number of rotatable bonds is 5. The molecule has 0 fully saturated rings. The van der Waals surface area contributed by atoms with E-state index in [1.807, 2.05) is 30.5 Å². The van der Waals surface area contributed by atoms with Gasteiger partial charge in [0, 0.05) is 39.6 Å². The third-order valence-electron chi connectivity index (χ3n) is 4.39. The summed E-state index contributed by atoms with van der Waals surface area (Å²) in [5.41, 5.74) is 2.45. The van der Waals surface area contributed by atoms with Gasteiger partial charge in [-0.1, -0.05) is 54.6 Å².